The van der Waals surface area contributed by atoms with Crippen molar-refractivity contribution in [2.75, 3.05) is 31.2 Å². The van der Waals surface area contributed by atoms with Gasteiger partial charge in [-0.2, -0.15) is 0 Å². The van der Waals surface area contributed by atoms with E-state index < -0.39 is 0 Å². The molecular formula is C24H20N4O3. The standard InChI is InChI=1S/C24H20N4O3/c29-28(30)23-7-3-6-22-20(23)11-10-19(25-22)9-8-18-16-17-4-1-2-5-21(17)26-24(18)27-12-14-31-15-13-27/h1-11,16H,12-15H2/b9-8+. The number of fused-ring (bicyclic) bond motifs is 2. The normalized spacial score (nSPS) is 14.5. The zero-order chi connectivity index (χ0) is 21.2. The molecule has 7 nitrogen and oxygen atoms in total. The van der Waals surface area contributed by atoms with Crippen LogP contribution in [-0.2, 0) is 4.74 Å². The fraction of sp³-hybridized carbons (Fsp3) is 0.167. The van der Waals surface area contributed by atoms with Gasteiger partial charge in [-0.15, -0.1) is 0 Å². The van der Waals surface area contributed by atoms with Gasteiger partial charge in [0, 0.05) is 30.1 Å². The summed E-state index contributed by atoms with van der Waals surface area (Å²) in [7, 11) is 0. The zero-order valence-corrected chi connectivity index (χ0v) is 16.8. The first-order valence-electron chi connectivity index (χ1n) is 10.1. The topological polar surface area (TPSA) is 81.4 Å². The van der Waals surface area contributed by atoms with Gasteiger partial charge < -0.3 is 9.64 Å². The van der Waals surface area contributed by atoms with Crippen molar-refractivity contribution in [3.05, 3.63) is 82.0 Å². The molecule has 5 rings (SSSR count). The molecule has 0 aliphatic carbocycles. The van der Waals surface area contributed by atoms with E-state index in [2.05, 4.69) is 22.0 Å². The van der Waals surface area contributed by atoms with E-state index in [0.717, 1.165) is 41.1 Å². The van der Waals surface area contributed by atoms with Crippen LogP contribution in [0.25, 0.3) is 34.0 Å². The van der Waals surface area contributed by atoms with E-state index in [0.29, 0.717) is 24.1 Å². The first kappa shape index (κ1) is 19.1. The average molecular weight is 412 g/mol. The summed E-state index contributed by atoms with van der Waals surface area (Å²) in [6.45, 7) is 2.96. The van der Waals surface area contributed by atoms with E-state index in [1.807, 2.05) is 30.4 Å². The first-order valence-corrected chi connectivity index (χ1v) is 10.1. The number of rotatable bonds is 4. The highest BCUT2D eigenvalue weighted by Gasteiger charge is 2.16. The van der Waals surface area contributed by atoms with Crippen molar-refractivity contribution in [2.45, 2.75) is 0 Å². The molecule has 1 aliphatic rings. The lowest BCUT2D eigenvalue weighted by atomic mass is 10.1. The summed E-state index contributed by atoms with van der Waals surface area (Å²) in [5.41, 5.74) is 3.35. The van der Waals surface area contributed by atoms with Crippen molar-refractivity contribution in [1.82, 2.24) is 9.97 Å². The van der Waals surface area contributed by atoms with Gasteiger partial charge in [0.25, 0.3) is 5.69 Å². The number of hydrogen-bond acceptors (Lipinski definition) is 6. The van der Waals surface area contributed by atoms with E-state index in [9.17, 15) is 10.1 Å². The molecule has 0 bridgehead atoms. The lowest BCUT2D eigenvalue weighted by molar-refractivity contribution is -0.383. The number of aromatic nitrogens is 2. The van der Waals surface area contributed by atoms with Crippen LogP contribution in [0.4, 0.5) is 11.5 Å². The maximum atomic E-state index is 11.2. The van der Waals surface area contributed by atoms with Crippen LogP contribution in [0.15, 0.2) is 60.7 Å². The van der Waals surface area contributed by atoms with Gasteiger partial charge in [0.1, 0.15) is 5.82 Å². The minimum absolute atomic E-state index is 0.0638. The third-order valence-corrected chi connectivity index (χ3v) is 5.40. The van der Waals surface area contributed by atoms with Gasteiger partial charge in [0.2, 0.25) is 0 Å². The minimum atomic E-state index is -0.380. The van der Waals surface area contributed by atoms with E-state index in [-0.39, 0.29) is 10.6 Å². The second-order valence-electron chi connectivity index (χ2n) is 7.36. The third kappa shape index (κ3) is 3.83. The van der Waals surface area contributed by atoms with Crippen LogP contribution >= 0.6 is 0 Å². The monoisotopic (exact) mass is 412 g/mol. The number of nitrogens with zero attached hydrogens (tertiary/aromatic N) is 4. The second kappa shape index (κ2) is 8.12. The maximum Gasteiger partial charge on any atom is 0.278 e. The summed E-state index contributed by atoms with van der Waals surface area (Å²) in [5, 5.41) is 12.9. The number of para-hydroxylation sites is 1. The first-order chi connectivity index (χ1) is 15.2. The Morgan fingerprint density at radius 3 is 2.58 bits per heavy atom. The van der Waals surface area contributed by atoms with Crippen molar-refractivity contribution in [2.24, 2.45) is 0 Å². The summed E-state index contributed by atoms with van der Waals surface area (Å²) in [5.74, 6) is 0.926. The van der Waals surface area contributed by atoms with E-state index in [4.69, 9.17) is 9.72 Å². The van der Waals surface area contributed by atoms with Gasteiger partial charge in [0.05, 0.1) is 40.3 Å². The van der Waals surface area contributed by atoms with Crippen LogP contribution in [-0.4, -0.2) is 41.2 Å². The zero-order valence-electron chi connectivity index (χ0n) is 16.8. The fourth-order valence-electron chi connectivity index (χ4n) is 3.85. The lowest BCUT2D eigenvalue weighted by Crippen LogP contribution is -2.37. The van der Waals surface area contributed by atoms with Gasteiger partial charge in [0.15, 0.2) is 0 Å². The SMILES string of the molecule is O=[N+]([O-])c1cccc2nc(/C=C/c3cc4ccccc4nc3N3CCOCC3)ccc12. The molecule has 1 saturated heterocycles. The molecule has 4 aromatic rings. The quantitative estimate of drug-likeness (QED) is 0.357. The molecule has 3 heterocycles. The molecule has 0 saturated carbocycles. The van der Waals surface area contributed by atoms with E-state index in [1.54, 1.807) is 24.3 Å². The van der Waals surface area contributed by atoms with Gasteiger partial charge >= 0.3 is 0 Å². The number of hydrogen-bond donors (Lipinski definition) is 0. The molecule has 0 amide bonds. The number of benzene rings is 2. The smallest absolute Gasteiger partial charge is 0.278 e. The number of anilines is 1. The number of non-ortho nitro benzene ring substituents is 1. The molecule has 0 spiro atoms. The Bertz CT molecular complexity index is 1310. The van der Waals surface area contributed by atoms with Crippen molar-refractivity contribution < 1.29 is 9.66 Å². The Hall–Kier alpha value is -3.84. The Morgan fingerprint density at radius 1 is 0.935 bits per heavy atom. The molecule has 2 aromatic carbocycles. The molecule has 31 heavy (non-hydrogen) atoms. The predicted molar refractivity (Wildman–Crippen MR) is 122 cm³/mol. The Balaban J connectivity index is 1.55. The number of pyridine rings is 2. The molecule has 2 aromatic heterocycles. The summed E-state index contributed by atoms with van der Waals surface area (Å²) in [4.78, 5) is 22.6. The summed E-state index contributed by atoms with van der Waals surface area (Å²) >= 11 is 0. The van der Waals surface area contributed by atoms with Gasteiger partial charge in [-0.3, -0.25) is 10.1 Å². The van der Waals surface area contributed by atoms with Crippen LogP contribution in [0.2, 0.25) is 0 Å². The Morgan fingerprint density at radius 2 is 1.74 bits per heavy atom. The number of nitro benzene ring substituents is 1. The van der Waals surface area contributed by atoms with Crippen LogP contribution in [0.1, 0.15) is 11.3 Å². The van der Waals surface area contributed by atoms with Gasteiger partial charge in [-0.1, -0.05) is 24.3 Å². The minimum Gasteiger partial charge on any atom is -0.378 e. The number of nitro groups is 1. The molecule has 0 radical (unpaired) electrons. The van der Waals surface area contributed by atoms with Crippen molar-refractivity contribution >= 4 is 45.5 Å². The second-order valence-corrected chi connectivity index (χ2v) is 7.36. The Kier molecular flexibility index (Phi) is 5.01. The van der Waals surface area contributed by atoms with Crippen molar-refractivity contribution in [1.29, 1.82) is 0 Å². The average Bonchev–Trinajstić information content (AvgIpc) is 2.82. The van der Waals surface area contributed by atoms with Crippen molar-refractivity contribution in [3.8, 4) is 0 Å². The molecule has 1 aliphatic heterocycles. The van der Waals surface area contributed by atoms with Gasteiger partial charge in [-0.25, -0.2) is 9.97 Å². The molecule has 7 heteroatoms. The molecule has 0 N–H and O–H groups in total. The van der Waals surface area contributed by atoms with Gasteiger partial charge in [-0.05, 0) is 42.5 Å². The Labute approximate surface area is 178 Å². The molecule has 0 unspecified atom stereocenters. The molecule has 1 fully saturated rings. The highest BCUT2D eigenvalue weighted by atomic mass is 16.6. The highest BCUT2D eigenvalue weighted by Crippen LogP contribution is 2.27. The van der Waals surface area contributed by atoms with E-state index in [1.165, 1.54) is 6.07 Å². The summed E-state index contributed by atoms with van der Waals surface area (Å²) < 4.78 is 5.50. The number of morpholine rings is 1. The summed E-state index contributed by atoms with van der Waals surface area (Å²) in [6, 6.07) is 18.7. The highest BCUT2D eigenvalue weighted by molar-refractivity contribution is 5.90. The van der Waals surface area contributed by atoms with Crippen LogP contribution in [0.5, 0.6) is 0 Å². The van der Waals surface area contributed by atoms with Crippen LogP contribution < -0.4 is 4.90 Å². The van der Waals surface area contributed by atoms with Crippen LogP contribution in [0, 0.1) is 10.1 Å². The predicted octanol–water partition coefficient (Wildman–Crippen LogP) is 4.70. The molecular weight excluding hydrogens is 392 g/mol. The summed E-state index contributed by atoms with van der Waals surface area (Å²) in [6.07, 6.45) is 3.93. The van der Waals surface area contributed by atoms with Crippen molar-refractivity contribution in [3.63, 3.8) is 0 Å². The molecule has 154 valence electrons. The largest absolute Gasteiger partial charge is 0.378 e. The fourth-order valence-corrected chi connectivity index (χ4v) is 3.85. The number of ether oxygens (including phenoxy) is 1. The maximum absolute atomic E-state index is 11.2. The lowest BCUT2D eigenvalue weighted by Gasteiger charge is -2.29. The third-order valence-electron chi connectivity index (χ3n) is 5.40. The molecule has 0 atom stereocenters. The van der Waals surface area contributed by atoms with Crippen LogP contribution in [0.3, 0.4) is 0 Å². The van der Waals surface area contributed by atoms with E-state index >= 15 is 0 Å².